The van der Waals surface area contributed by atoms with Gasteiger partial charge in [-0.25, -0.2) is 9.18 Å². The number of benzene rings is 2. The fourth-order valence-electron chi connectivity index (χ4n) is 1.85. The molecule has 0 aliphatic rings. The molecule has 0 heterocycles. The zero-order valence-electron chi connectivity index (χ0n) is 11.2. The number of ether oxygens (including phenoxy) is 1. The van der Waals surface area contributed by atoms with Crippen LogP contribution in [0.2, 0.25) is 0 Å². The van der Waals surface area contributed by atoms with Gasteiger partial charge in [0.15, 0.2) is 0 Å². The van der Waals surface area contributed by atoms with Crippen LogP contribution in [-0.2, 0) is 11.3 Å². The first-order chi connectivity index (χ1) is 9.99. The van der Waals surface area contributed by atoms with E-state index in [1.54, 1.807) is 0 Å². The van der Waals surface area contributed by atoms with Crippen LogP contribution in [0.1, 0.15) is 21.5 Å². The predicted molar refractivity (Wildman–Crippen MR) is 73.4 cm³/mol. The average molecular weight is 289 g/mol. The number of rotatable bonds is 4. The number of nitrogens with zero attached hydrogens (tertiary/aromatic N) is 1. The van der Waals surface area contributed by atoms with Crippen molar-refractivity contribution in [3.8, 4) is 0 Å². The largest absolute Gasteiger partial charge is 0.457 e. The monoisotopic (exact) mass is 289 g/mol. The zero-order chi connectivity index (χ0) is 15.4. The van der Waals surface area contributed by atoms with Gasteiger partial charge in [0.2, 0.25) is 0 Å². The molecule has 2 aromatic rings. The van der Waals surface area contributed by atoms with Gasteiger partial charge in [-0.2, -0.15) is 0 Å². The third-order valence-corrected chi connectivity index (χ3v) is 3.01. The molecule has 21 heavy (non-hydrogen) atoms. The fraction of sp³-hybridized carbons (Fsp3) is 0.133. The predicted octanol–water partition coefficient (Wildman–Crippen LogP) is 3.40. The number of halogens is 1. The quantitative estimate of drug-likeness (QED) is 0.491. The zero-order valence-corrected chi connectivity index (χ0v) is 11.2. The maximum Gasteiger partial charge on any atom is 0.338 e. The van der Waals surface area contributed by atoms with Crippen LogP contribution < -0.4 is 0 Å². The number of esters is 1. The Morgan fingerprint density at radius 1 is 1.24 bits per heavy atom. The SMILES string of the molecule is Cc1c(C(=O)OCc2ccc(F)cc2)cccc1[N+](=O)[O-]. The smallest absolute Gasteiger partial charge is 0.338 e. The molecule has 5 nitrogen and oxygen atoms in total. The van der Waals surface area contributed by atoms with Crippen LogP contribution in [0, 0.1) is 22.9 Å². The van der Waals surface area contributed by atoms with Crippen LogP contribution in [0.15, 0.2) is 42.5 Å². The molecular weight excluding hydrogens is 277 g/mol. The second-order valence-electron chi connectivity index (χ2n) is 4.41. The Kier molecular flexibility index (Phi) is 4.27. The van der Waals surface area contributed by atoms with Gasteiger partial charge in [0.1, 0.15) is 12.4 Å². The molecule has 0 unspecified atom stereocenters. The summed E-state index contributed by atoms with van der Waals surface area (Å²) in [5.74, 6) is -1.03. The molecule has 2 rings (SSSR count). The van der Waals surface area contributed by atoms with E-state index in [0.29, 0.717) is 5.56 Å². The third kappa shape index (κ3) is 3.42. The molecule has 0 amide bonds. The Morgan fingerprint density at radius 3 is 2.52 bits per heavy atom. The van der Waals surface area contributed by atoms with Gasteiger partial charge < -0.3 is 4.74 Å². The summed E-state index contributed by atoms with van der Waals surface area (Å²) in [7, 11) is 0. The van der Waals surface area contributed by atoms with E-state index in [0.717, 1.165) is 0 Å². The summed E-state index contributed by atoms with van der Waals surface area (Å²) in [4.78, 5) is 22.2. The summed E-state index contributed by atoms with van der Waals surface area (Å²) in [5.41, 5.74) is 0.900. The number of carbonyl (C=O) groups is 1. The standard InChI is InChI=1S/C15H12FNO4/c1-10-13(3-2-4-14(10)17(19)20)15(18)21-9-11-5-7-12(16)8-6-11/h2-8H,9H2,1H3. The highest BCUT2D eigenvalue weighted by atomic mass is 19.1. The topological polar surface area (TPSA) is 69.4 Å². The summed E-state index contributed by atoms with van der Waals surface area (Å²) in [6.45, 7) is 1.47. The molecule has 0 N–H and O–H groups in total. The summed E-state index contributed by atoms with van der Waals surface area (Å²) in [6, 6.07) is 9.76. The van der Waals surface area contributed by atoms with Crippen LogP contribution in [0.3, 0.4) is 0 Å². The molecule has 108 valence electrons. The first-order valence-electron chi connectivity index (χ1n) is 6.14. The maximum atomic E-state index is 12.8. The molecule has 0 saturated carbocycles. The Bertz CT molecular complexity index is 683. The lowest BCUT2D eigenvalue weighted by atomic mass is 10.1. The lowest BCUT2D eigenvalue weighted by molar-refractivity contribution is -0.385. The van der Waals surface area contributed by atoms with Crippen LogP contribution in [-0.4, -0.2) is 10.9 Å². The Hall–Kier alpha value is -2.76. The highest BCUT2D eigenvalue weighted by Crippen LogP contribution is 2.22. The van der Waals surface area contributed by atoms with Gasteiger partial charge in [0.25, 0.3) is 5.69 Å². The summed E-state index contributed by atoms with van der Waals surface area (Å²) in [5, 5.41) is 10.8. The average Bonchev–Trinajstić information content (AvgIpc) is 2.46. The second-order valence-corrected chi connectivity index (χ2v) is 4.41. The van der Waals surface area contributed by atoms with Crippen LogP contribution >= 0.6 is 0 Å². The molecule has 0 atom stereocenters. The lowest BCUT2D eigenvalue weighted by Crippen LogP contribution is -2.08. The van der Waals surface area contributed by atoms with Gasteiger partial charge in [-0.3, -0.25) is 10.1 Å². The van der Waals surface area contributed by atoms with Gasteiger partial charge in [-0.1, -0.05) is 18.2 Å². The Balaban J connectivity index is 2.12. The number of carbonyl (C=O) groups excluding carboxylic acids is 1. The molecule has 0 fully saturated rings. The van der Waals surface area contributed by atoms with Crippen molar-refractivity contribution in [3.05, 3.63) is 75.1 Å². The van der Waals surface area contributed by atoms with E-state index in [-0.39, 0.29) is 29.2 Å². The van der Waals surface area contributed by atoms with E-state index in [1.807, 2.05) is 0 Å². The number of hydrogen-bond acceptors (Lipinski definition) is 4. The number of hydrogen-bond donors (Lipinski definition) is 0. The number of nitro benzene ring substituents is 1. The number of nitro groups is 1. The molecule has 0 aliphatic carbocycles. The van der Waals surface area contributed by atoms with E-state index in [2.05, 4.69) is 0 Å². The third-order valence-electron chi connectivity index (χ3n) is 3.01. The molecule has 6 heteroatoms. The van der Waals surface area contributed by atoms with E-state index < -0.39 is 10.9 Å². The van der Waals surface area contributed by atoms with Crippen molar-refractivity contribution in [2.45, 2.75) is 13.5 Å². The Labute approximate surface area is 120 Å². The molecule has 0 spiro atoms. The lowest BCUT2D eigenvalue weighted by Gasteiger charge is -2.07. The Morgan fingerprint density at radius 2 is 1.90 bits per heavy atom. The molecular formula is C15H12FNO4. The minimum atomic E-state index is -0.652. The van der Waals surface area contributed by atoms with Crippen molar-refractivity contribution in [1.82, 2.24) is 0 Å². The first kappa shape index (κ1) is 14.6. The molecule has 0 aromatic heterocycles. The van der Waals surface area contributed by atoms with Crippen LogP contribution in [0.5, 0.6) is 0 Å². The van der Waals surface area contributed by atoms with Crippen LogP contribution in [0.25, 0.3) is 0 Å². The van der Waals surface area contributed by atoms with Crippen molar-refractivity contribution in [2.75, 3.05) is 0 Å². The van der Waals surface area contributed by atoms with Gasteiger partial charge in [0.05, 0.1) is 10.5 Å². The molecule has 0 aliphatic heterocycles. The molecule has 0 bridgehead atoms. The first-order valence-corrected chi connectivity index (χ1v) is 6.14. The second kappa shape index (κ2) is 6.13. The maximum absolute atomic E-state index is 12.8. The van der Waals surface area contributed by atoms with Crippen molar-refractivity contribution in [3.63, 3.8) is 0 Å². The van der Waals surface area contributed by atoms with Crippen molar-refractivity contribution in [2.24, 2.45) is 0 Å². The summed E-state index contributed by atoms with van der Waals surface area (Å²) >= 11 is 0. The highest BCUT2D eigenvalue weighted by molar-refractivity contribution is 5.92. The minimum Gasteiger partial charge on any atom is -0.457 e. The summed E-state index contributed by atoms with van der Waals surface area (Å²) in [6.07, 6.45) is 0. The molecule has 2 aromatic carbocycles. The molecule has 0 saturated heterocycles. The van der Waals surface area contributed by atoms with Crippen molar-refractivity contribution in [1.29, 1.82) is 0 Å². The van der Waals surface area contributed by atoms with E-state index in [9.17, 15) is 19.3 Å². The van der Waals surface area contributed by atoms with Crippen molar-refractivity contribution < 1.29 is 18.8 Å². The van der Waals surface area contributed by atoms with Gasteiger partial charge in [0, 0.05) is 11.6 Å². The van der Waals surface area contributed by atoms with E-state index >= 15 is 0 Å². The minimum absolute atomic E-state index is 0.0265. The highest BCUT2D eigenvalue weighted by Gasteiger charge is 2.18. The van der Waals surface area contributed by atoms with E-state index in [1.165, 1.54) is 49.4 Å². The van der Waals surface area contributed by atoms with Gasteiger partial charge in [-0.05, 0) is 30.7 Å². The fourth-order valence-corrected chi connectivity index (χ4v) is 1.85. The van der Waals surface area contributed by atoms with E-state index in [4.69, 9.17) is 4.74 Å². The van der Waals surface area contributed by atoms with Crippen LogP contribution in [0.4, 0.5) is 10.1 Å². The molecule has 0 radical (unpaired) electrons. The van der Waals surface area contributed by atoms with Crippen molar-refractivity contribution >= 4 is 11.7 Å². The normalized spacial score (nSPS) is 10.2. The summed E-state index contributed by atoms with van der Waals surface area (Å²) < 4.78 is 17.8. The van der Waals surface area contributed by atoms with Gasteiger partial charge in [-0.15, -0.1) is 0 Å². The van der Waals surface area contributed by atoms with Gasteiger partial charge >= 0.3 is 5.97 Å².